The van der Waals surface area contributed by atoms with E-state index in [1.54, 1.807) is 6.07 Å². The Labute approximate surface area is 200 Å². The highest BCUT2D eigenvalue weighted by Gasteiger charge is 2.28. The number of carbonyl (C=O) groups is 1. The summed E-state index contributed by atoms with van der Waals surface area (Å²) in [6, 6.07) is 17.0. The summed E-state index contributed by atoms with van der Waals surface area (Å²) in [6.07, 6.45) is 5.43. The minimum absolute atomic E-state index is 0.0953. The fourth-order valence-electron chi connectivity index (χ4n) is 5.13. The van der Waals surface area contributed by atoms with Gasteiger partial charge >= 0.3 is 0 Å². The number of aromatic nitrogens is 2. The van der Waals surface area contributed by atoms with Crippen LogP contribution in [0.5, 0.6) is 0 Å². The molecule has 1 saturated carbocycles. The summed E-state index contributed by atoms with van der Waals surface area (Å²) in [5.74, 6) is 1.30. The van der Waals surface area contributed by atoms with Crippen molar-refractivity contribution in [3.05, 3.63) is 60.5 Å². The highest BCUT2D eigenvalue weighted by molar-refractivity contribution is 5.95. The van der Waals surface area contributed by atoms with Gasteiger partial charge in [0, 0.05) is 50.6 Å². The first-order valence-corrected chi connectivity index (χ1v) is 12.4. The van der Waals surface area contributed by atoms with Gasteiger partial charge in [-0.15, -0.1) is 0 Å². The number of halogens is 1. The topological polar surface area (TPSA) is 52.6 Å². The third-order valence-electron chi connectivity index (χ3n) is 7.12. The minimum Gasteiger partial charge on any atom is -0.354 e. The molecule has 0 bridgehead atoms. The van der Waals surface area contributed by atoms with Crippen molar-refractivity contribution in [2.24, 2.45) is 5.92 Å². The number of pyridine rings is 2. The van der Waals surface area contributed by atoms with E-state index in [2.05, 4.69) is 20.9 Å². The predicted octanol–water partition coefficient (Wildman–Crippen LogP) is 4.50. The van der Waals surface area contributed by atoms with Gasteiger partial charge in [0.2, 0.25) is 11.9 Å². The zero-order chi connectivity index (χ0) is 23.3. The van der Waals surface area contributed by atoms with E-state index >= 15 is 0 Å². The van der Waals surface area contributed by atoms with Crippen LogP contribution in [0.2, 0.25) is 0 Å². The van der Waals surface area contributed by atoms with Crippen molar-refractivity contribution in [1.82, 2.24) is 14.9 Å². The van der Waals surface area contributed by atoms with Crippen LogP contribution in [0, 0.1) is 11.9 Å². The smallest absolute Gasteiger partial charge is 0.231 e. The zero-order valence-corrected chi connectivity index (χ0v) is 19.6. The zero-order valence-electron chi connectivity index (χ0n) is 19.6. The number of nitrogens with zero attached hydrogens (tertiary/aromatic N) is 5. The van der Waals surface area contributed by atoms with Gasteiger partial charge in [0.1, 0.15) is 11.6 Å². The van der Waals surface area contributed by atoms with Crippen LogP contribution in [0.1, 0.15) is 32.1 Å². The van der Waals surface area contributed by atoms with Gasteiger partial charge in [0.25, 0.3) is 0 Å². The van der Waals surface area contributed by atoms with E-state index in [-0.39, 0.29) is 11.8 Å². The molecule has 0 spiro atoms. The molecule has 3 aromatic rings. The monoisotopic (exact) mass is 461 g/mol. The van der Waals surface area contributed by atoms with E-state index in [1.807, 2.05) is 41.3 Å². The molecular weight excluding hydrogens is 429 g/mol. The normalized spacial score (nSPS) is 17.7. The molecule has 0 atom stereocenters. The predicted molar refractivity (Wildman–Crippen MR) is 134 cm³/mol. The summed E-state index contributed by atoms with van der Waals surface area (Å²) < 4.78 is 13.5. The molecule has 178 valence electrons. The van der Waals surface area contributed by atoms with Crippen LogP contribution in [0.4, 0.5) is 16.0 Å². The number of hydrogen-bond acceptors (Lipinski definition) is 5. The van der Waals surface area contributed by atoms with Crippen molar-refractivity contribution in [3.8, 4) is 0 Å². The second-order valence-electron chi connectivity index (χ2n) is 9.33. The largest absolute Gasteiger partial charge is 0.354 e. The molecule has 7 heteroatoms. The van der Waals surface area contributed by atoms with Gasteiger partial charge in [-0.2, -0.15) is 4.39 Å². The van der Waals surface area contributed by atoms with Gasteiger partial charge in [0.15, 0.2) is 0 Å². The Hall–Kier alpha value is -3.06. The van der Waals surface area contributed by atoms with Crippen LogP contribution in [0.15, 0.2) is 54.6 Å². The molecule has 3 heterocycles. The summed E-state index contributed by atoms with van der Waals surface area (Å²) in [4.78, 5) is 28.9. The van der Waals surface area contributed by atoms with Crippen molar-refractivity contribution < 1.29 is 9.18 Å². The van der Waals surface area contributed by atoms with Crippen LogP contribution in [0.3, 0.4) is 0 Å². The summed E-state index contributed by atoms with van der Waals surface area (Å²) in [5, 5.41) is 1.08. The van der Waals surface area contributed by atoms with Gasteiger partial charge in [0.05, 0.1) is 5.52 Å². The number of carbonyl (C=O) groups excluding carboxylic acids is 1. The maximum absolute atomic E-state index is 13.6. The quantitative estimate of drug-likeness (QED) is 0.506. The number of amides is 1. The van der Waals surface area contributed by atoms with Crippen LogP contribution in [-0.4, -0.2) is 60.0 Å². The molecule has 1 saturated heterocycles. The molecule has 5 rings (SSSR count). The van der Waals surface area contributed by atoms with E-state index in [0.29, 0.717) is 12.4 Å². The van der Waals surface area contributed by atoms with Crippen molar-refractivity contribution >= 4 is 28.4 Å². The molecule has 1 amide bonds. The van der Waals surface area contributed by atoms with Crippen molar-refractivity contribution in [1.29, 1.82) is 0 Å². The van der Waals surface area contributed by atoms with Crippen LogP contribution < -0.4 is 9.80 Å². The summed E-state index contributed by atoms with van der Waals surface area (Å²) in [5.41, 5.74) is 0.914. The van der Waals surface area contributed by atoms with E-state index in [4.69, 9.17) is 4.98 Å². The first-order valence-electron chi connectivity index (χ1n) is 12.4. The lowest BCUT2D eigenvalue weighted by Crippen LogP contribution is -2.50. The van der Waals surface area contributed by atoms with Crippen LogP contribution in [0.25, 0.3) is 10.9 Å². The van der Waals surface area contributed by atoms with E-state index in [0.717, 1.165) is 75.1 Å². The summed E-state index contributed by atoms with van der Waals surface area (Å²) >= 11 is 0. The van der Waals surface area contributed by atoms with E-state index < -0.39 is 5.95 Å². The Morgan fingerprint density at radius 1 is 0.912 bits per heavy atom. The fraction of sp³-hybridized carbons (Fsp3) is 0.444. The third-order valence-corrected chi connectivity index (χ3v) is 7.12. The number of para-hydroxylation sites is 1. The maximum atomic E-state index is 13.6. The first kappa shape index (κ1) is 22.7. The van der Waals surface area contributed by atoms with Crippen molar-refractivity contribution in [3.63, 3.8) is 0 Å². The Morgan fingerprint density at radius 2 is 1.71 bits per heavy atom. The Kier molecular flexibility index (Phi) is 7.00. The highest BCUT2D eigenvalue weighted by Crippen LogP contribution is 2.28. The molecule has 1 aliphatic heterocycles. The van der Waals surface area contributed by atoms with Gasteiger partial charge < -0.3 is 4.90 Å². The molecule has 2 aliphatic rings. The molecule has 1 aromatic carbocycles. The number of anilines is 2. The number of piperazine rings is 1. The molecule has 2 fully saturated rings. The lowest BCUT2D eigenvalue weighted by Gasteiger charge is -2.37. The minimum atomic E-state index is -0.445. The molecule has 0 N–H and O–H groups in total. The SMILES string of the molecule is O=C(C1CCCCC1)N(CCN1CCN(c2cccc(F)n2)CC1)c1ccc2ccccc2n1. The van der Waals surface area contributed by atoms with Gasteiger partial charge in [-0.05, 0) is 43.2 Å². The number of hydrogen-bond donors (Lipinski definition) is 0. The van der Waals surface area contributed by atoms with Crippen LogP contribution >= 0.6 is 0 Å². The van der Waals surface area contributed by atoms with Gasteiger partial charge in [-0.3, -0.25) is 14.6 Å². The average Bonchev–Trinajstić information content (AvgIpc) is 2.89. The Bertz CT molecular complexity index is 1120. The average molecular weight is 462 g/mol. The second kappa shape index (κ2) is 10.5. The van der Waals surface area contributed by atoms with Crippen molar-refractivity contribution in [2.45, 2.75) is 32.1 Å². The third kappa shape index (κ3) is 5.20. The molecule has 0 unspecified atom stereocenters. The van der Waals surface area contributed by atoms with Crippen LogP contribution in [-0.2, 0) is 4.79 Å². The molecule has 1 aliphatic carbocycles. The lowest BCUT2D eigenvalue weighted by atomic mass is 9.88. The number of benzene rings is 1. The van der Waals surface area contributed by atoms with Gasteiger partial charge in [-0.25, -0.2) is 9.97 Å². The molecular formula is C27H32FN5O. The second-order valence-corrected chi connectivity index (χ2v) is 9.33. The molecule has 0 radical (unpaired) electrons. The maximum Gasteiger partial charge on any atom is 0.231 e. The highest BCUT2D eigenvalue weighted by atomic mass is 19.1. The first-order chi connectivity index (χ1) is 16.7. The summed E-state index contributed by atoms with van der Waals surface area (Å²) in [7, 11) is 0. The fourth-order valence-corrected chi connectivity index (χ4v) is 5.13. The Balaban J connectivity index is 1.27. The molecule has 6 nitrogen and oxygen atoms in total. The number of fused-ring (bicyclic) bond motifs is 1. The Morgan fingerprint density at radius 3 is 2.50 bits per heavy atom. The van der Waals surface area contributed by atoms with E-state index in [1.165, 1.54) is 12.5 Å². The molecule has 2 aromatic heterocycles. The summed E-state index contributed by atoms with van der Waals surface area (Å²) in [6.45, 7) is 4.71. The standard InChI is InChI=1S/C27H32FN5O/c28-24-11-6-12-25(30-24)32-18-15-31(16-19-32)17-20-33(27(34)22-8-2-1-3-9-22)26-14-13-21-7-4-5-10-23(21)29-26/h4-7,10-14,22H,1-3,8-9,15-20H2. The van der Waals surface area contributed by atoms with E-state index in [9.17, 15) is 9.18 Å². The lowest BCUT2D eigenvalue weighted by molar-refractivity contribution is -0.123. The van der Waals surface area contributed by atoms with Gasteiger partial charge in [-0.1, -0.05) is 43.5 Å². The number of rotatable bonds is 6. The van der Waals surface area contributed by atoms with Crippen molar-refractivity contribution in [2.75, 3.05) is 49.1 Å². The molecule has 34 heavy (non-hydrogen) atoms.